The first-order valence-electron chi connectivity index (χ1n) is 6.41. The van der Waals surface area contributed by atoms with E-state index >= 15 is 0 Å². The molecule has 0 bridgehead atoms. The highest BCUT2D eigenvalue weighted by atomic mass is 16.3. The number of aromatic nitrogens is 3. The molecule has 0 atom stereocenters. The van der Waals surface area contributed by atoms with Crippen molar-refractivity contribution in [2.24, 2.45) is 12.5 Å². The van der Waals surface area contributed by atoms with Gasteiger partial charge in [-0.15, -0.1) is 5.10 Å². The predicted octanol–water partition coefficient (Wildman–Crippen LogP) is 0.847. The smallest absolute Gasteiger partial charge is 0.0964 e. The molecule has 0 saturated heterocycles. The first kappa shape index (κ1) is 12.5. The molecule has 5 heteroatoms. The molecule has 0 spiro atoms. The molecular formula is C12H22N4O. The standard InChI is InChI=1S/C12H22N4O/c1-16-8-11(14-15-16)7-13-9-12(10-17)5-3-2-4-6-12/h8,13,17H,2-7,9-10H2,1H3. The highest BCUT2D eigenvalue weighted by molar-refractivity contribution is 4.92. The van der Waals surface area contributed by atoms with Crippen molar-refractivity contribution in [3.63, 3.8) is 0 Å². The maximum absolute atomic E-state index is 9.57. The van der Waals surface area contributed by atoms with Gasteiger partial charge in [0, 0.05) is 38.4 Å². The van der Waals surface area contributed by atoms with Gasteiger partial charge in [-0.3, -0.25) is 4.68 Å². The van der Waals surface area contributed by atoms with Crippen molar-refractivity contribution in [3.05, 3.63) is 11.9 Å². The van der Waals surface area contributed by atoms with Crippen molar-refractivity contribution < 1.29 is 5.11 Å². The van der Waals surface area contributed by atoms with Crippen LogP contribution in [0.1, 0.15) is 37.8 Å². The number of rotatable bonds is 5. The first-order chi connectivity index (χ1) is 8.24. The third-order valence-electron chi connectivity index (χ3n) is 3.71. The molecule has 0 radical (unpaired) electrons. The Labute approximate surface area is 102 Å². The average Bonchev–Trinajstić information content (AvgIpc) is 2.76. The summed E-state index contributed by atoms with van der Waals surface area (Å²) in [5, 5.41) is 20.9. The van der Waals surface area contributed by atoms with Crippen molar-refractivity contribution in [2.45, 2.75) is 38.6 Å². The van der Waals surface area contributed by atoms with Crippen LogP contribution < -0.4 is 5.32 Å². The van der Waals surface area contributed by atoms with Crippen LogP contribution in [0.25, 0.3) is 0 Å². The normalized spacial score (nSPS) is 19.4. The van der Waals surface area contributed by atoms with Gasteiger partial charge in [-0.2, -0.15) is 0 Å². The van der Waals surface area contributed by atoms with Crippen LogP contribution in [0.2, 0.25) is 0 Å². The summed E-state index contributed by atoms with van der Waals surface area (Å²) >= 11 is 0. The number of aryl methyl sites for hydroxylation is 1. The minimum atomic E-state index is 0.0977. The Hall–Kier alpha value is -0.940. The van der Waals surface area contributed by atoms with Gasteiger partial charge >= 0.3 is 0 Å². The molecule has 0 unspecified atom stereocenters. The third-order valence-corrected chi connectivity index (χ3v) is 3.71. The van der Waals surface area contributed by atoms with Crippen LogP contribution in [-0.2, 0) is 13.6 Å². The van der Waals surface area contributed by atoms with Gasteiger partial charge < -0.3 is 10.4 Å². The van der Waals surface area contributed by atoms with E-state index in [1.54, 1.807) is 4.68 Å². The molecule has 2 N–H and O–H groups in total. The molecule has 1 fully saturated rings. The Morgan fingerprint density at radius 3 is 2.76 bits per heavy atom. The third kappa shape index (κ3) is 3.26. The van der Waals surface area contributed by atoms with Crippen LogP contribution in [0, 0.1) is 5.41 Å². The summed E-state index contributed by atoms with van der Waals surface area (Å²) in [7, 11) is 1.87. The zero-order chi connectivity index (χ0) is 12.1. The monoisotopic (exact) mass is 238 g/mol. The molecule has 1 aliphatic carbocycles. The lowest BCUT2D eigenvalue weighted by Gasteiger charge is -2.35. The Kier molecular flexibility index (Phi) is 4.12. The molecule has 0 amide bonds. The summed E-state index contributed by atoms with van der Waals surface area (Å²) < 4.78 is 1.71. The SMILES string of the molecule is Cn1cc(CNCC2(CO)CCCCC2)nn1. The number of aliphatic hydroxyl groups is 1. The molecule has 17 heavy (non-hydrogen) atoms. The topological polar surface area (TPSA) is 63.0 Å². The number of nitrogens with zero attached hydrogens (tertiary/aromatic N) is 3. The molecule has 1 heterocycles. The van der Waals surface area contributed by atoms with Crippen molar-refractivity contribution >= 4 is 0 Å². The Morgan fingerprint density at radius 1 is 1.41 bits per heavy atom. The lowest BCUT2D eigenvalue weighted by Crippen LogP contribution is -2.38. The minimum absolute atomic E-state index is 0.0977. The Bertz CT molecular complexity index is 344. The largest absolute Gasteiger partial charge is 0.396 e. The summed E-state index contributed by atoms with van der Waals surface area (Å²) in [6.07, 6.45) is 7.99. The Morgan fingerprint density at radius 2 is 2.18 bits per heavy atom. The van der Waals surface area contributed by atoms with Crippen LogP contribution in [0.5, 0.6) is 0 Å². The zero-order valence-electron chi connectivity index (χ0n) is 10.5. The van der Waals surface area contributed by atoms with E-state index in [9.17, 15) is 5.11 Å². The van der Waals surface area contributed by atoms with Crippen LogP contribution in [-0.4, -0.2) is 33.3 Å². The fraction of sp³-hybridized carbons (Fsp3) is 0.833. The summed E-state index contributed by atoms with van der Waals surface area (Å²) in [5.74, 6) is 0. The fourth-order valence-corrected chi connectivity index (χ4v) is 2.62. The van der Waals surface area contributed by atoms with Crippen molar-refractivity contribution in [2.75, 3.05) is 13.2 Å². The van der Waals surface area contributed by atoms with Crippen molar-refractivity contribution in [1.29, 1.82) is 0 Å². The predicted molar refractivity (Wildman–Crippen MR) is 65.3 cm³/mol. The molecule has 2 rings (SSSR count). The van der Waals surface area contributed by atoms with Gasteiger partial charge in [0.1, 0.15) is 0 Å². The van der Waals surface area contributed by atoms with Crippen molar-refractivity contribution in [3.8, 4) is 0 Å². The highest BCUT2D eigenvalue weighted by Crippen LogP contribution is 2.35. The molecule has 1 aromatic heterocycles. The molecular weight excluding hydrogens is 216 g/mol. The van der Waals surface area contributed by atoms with Gasteiger partial charge in [0.25, 0.3) is 0 Å². The minimum Gasteiger partial charge on any atom is -0.396 e. The second-order valence-corrected chi connectivity index (χ2v) is 5.21. The zero-order valence-corrected chi connectivity index (χ0v) is 10.5. The molecule has 0 aromatic carbocycles. The molecule has 1 aliphatic rings. The van der Waals surface area contributed by atoms with E-state index in [1.165, 1.54) is 19.3 Å². The summed E-state index contributed by atoms with van der Waals surface area (Å²) in [6, 6.07) is 0. The van der Waals surface area contributed by atoms with Gasteiger partial charge in [0.2, 0.25) is 0 Å². The highest BCUT2D eigenvalue weighted by Gasteiger charge is 2.30. The molecule has 5 nitrogen and oxygen atoms in total. The number of hydrogen-bond donors (Lipinski definition) is 2. The molecule has 1 saturated carbocycles. The van der Waals surface area contributed by atoms with Crippen molar-refractivity contribution in [1.82, 2.24) is 20.3 Å². The van der Waals surface area contributed by atoms with E-state index in [0.29, 0.717) is 6.61 Å². The van der Waals surface area contributed by atoms with E-state index in [-0.39, 0.29) is 5.41 Å². The van der Waals surface area contributed by atoms with Crippen LogP contribution in [0.4, 0.5) is 0 Å². The van der Waals surface area contributed by atoms with E-state index in [1.807, 2.05) is 13.2 Å². The van der Waals surface area contributed by atoms with Gasteiger partial charge in [0.05, 0.1) is 5.69 Å². The lowest BCUT2D eigenvalue weighted by atomic mass is 9.74. The second kappa shape index (κ2) is 5.60. The lowest BCUT2D eigenvalue weighted by molar-refractivity contribution is 0.0810. The van der Waals surface area contributed by atoms with E-state index in [4.69, 9.17) is 0 Å². The number of aliphatic hydroxyl groups excluding tert-OH is 1. The molecule has 0 aliphatic heterocycles. The van der Waals surface area contributed by atoms with Crippen LogP contribution >= 0.6 is 0 Å². The maximum Gasteiger partial charge on any atom is 0.0964 e. The van der Waals surface area contributed by atoms with Crippen LogP contribution in [0.3, 0.4) is 0 Å². The maximum atomic E-state index is 9.57. The average molecular weight is 238 g/mol. The van der Waals surface area contributed by atoms with Gasteiger partial charge in [-0.25, -0.2) is 0 Å². The van der Waals surface area contributed by atoms with E-state index < -0.39 is 0 Å². The summed E-state index contributed by atoms with van der Waals surface area (Å²) in [6.45, 7) is 1.90. The summed E-state index contributed by atoms with van der Waals surface area (Å²) in [4.78, 5) is 0. The Balaban J connectivity index is 1.79. The van der Waals surface area contributed by atoms with Gasteiger partial charge in [-0.1, -0.05) is 24.5 Å². The van der Waals surface area contributed by atoms with Crippen LogP contribution in [0.15, 0.2) is 6.20 Å². The quantitative estimate of drug-likeness (QED) is 0.798. The van der Waals surface area contributed by atoms with Gasteiger partial charge in [-0.05, 0) is 12.8 Å². The van der Waals surface area contributed by atoms with E-state index in [2.05, 4.69) is 15.6 Å². The molecule has 1 aromatic rings. The summed E-state index contributed by atoms with van der Waals surface area (Å²) in [5.41, 5.74) is 1.05. The molecule has 96 valence electrons. The fourth-order valence-electron chi connectivity index (χ4n) is 2.62. The number of nitrogens with one attached hydrogen (secondary N) is 1. The number of hydrogen-bond acceptors (Lipinski definition) is 4. The first-order valence-corrected chi connectivity index (χ1v) is 6.41. The van der Waals surface area contributed by atoms with E-state index in [0.717, 1.165) is 31.6 Å². The van der Waals surface area contributed by atoms with Gasteiger partial charge in [0.15, 0.2) is 0 Å². The second-order valence-electron chi connectivity index (χ2n) is 5.21.